The predicted molar refractivity (Wildman–Crippen MR) is 116 cm³/mol. The molecule has 0 saturated heterocycles. The molecule has 1 aromatic heterocycles. The van der Waals surface area contributed by atoms with Crippen LogP contribution >= 0.6 is 0 Å². The lowest BCUT2D eigenvalue weighted by Crippen LogP contribution is -2.43. The normalized spacial score (nSPS) is 12.5. The fourth-order valence-electron chi connectivity index (χ4n) is 3.07. The highest BCUT2D eigenvalue weighted by Crippen LogP contribution is 2.32. The first kappa shape index (κ1) is 22.1. The van der Waals surface area contributed by atoms with Crippen LogP contribution in [0.25, 0.3) is 21.7 Å². The number of hydrogen-bond donors (Lipinski definition) is 1. The van der Waals surface area contributed by atoms with Gasteiger partial charge in [0.1, 0.15) is 28.7 Å². The summed E-state index contributed by atoms with van der Waals surface area (Å²) in [6.45, 7) is 8.35. The third-order valence-electron chi connectivity index (χ3n) is 4.59. The minimum absolute atomic E-state index is 0.228. The standard InChI is InChI=1S/C23H25NO7/c1-12-18(29-20(25)13(2)24-22(27)31-23(3,4)5)10-9-16-15-8-7-14(28-6)11-17(15)21(26)30-19(12)16/h7-11,13H,1-6H3,(H,24,27)/t13-/m1/s1. The van der Waals surface area contributed by atoms with Gasteiger partial charge < -0.3 is 23.9 Å². The zero-order valence-electron chi connectivity index (χ0n) is 18.3. The average molecular weight is 427 g/mol. The molecule has 0 aliphatic heterocycles. The van der Waals surface area contributed by atoms with E-state index in [0.717, 1.165) is 0 Å². The number of hydrogen-bond acceptors (Lipinski definition) is 7. The first-order chi connectivity index (χ1) is 14.5. The Hall–Kier alpha value is -3.55. The Kier molecular flexibility index (Phi) is 5.92. The Balaban J connectivity index is 1.89. The summed E-state index contributed by atoms with van der Waals surface area (Å²) in [5.41, 5.74) is -0.397. The highest BCUT2D eigenvalue weighted by Gasteiger charge is 2.23. The van der Waals surface area contributed by atoms with Crippen molar-refractivity contribution < 1.29 is 28.2 Å². The number of carbonyl (C=O) groups is 2. The highest BCUT2D eigenvalue weighted by molar-refractivity contribution is 6.06. The Labute approximate surface area is 179 Å². The van der Waals surface area contributed by atoms with Gasteiger partial charge in [-0.25, -0.2) is 14.4 Å². The second kappa shape index (κ2) is 8.29. The lowest BCUT2D eigenvalue weighted by atomic mass is 10.0. The van der Waals surface area contributed by atoms with Crippen molar-refractivity contribution in [3.8, 4) is 11.5 Å². The van der Waals surface area contributed by atoms with Gasteiger partial charge in [-0.2, -0.15) is 0 Å². The molecule has 0 bridgehead atoms. The molecule has 0 fully saturated rings. The number of carbonyl (C=O) groups excluding carboxylic acids is 2. The first-order valence-corrected chi connectivity index (χ1v) is 9.75. The van der Waals surface area contributed by atoms with Crippen LogP contribution in [0.2, 0.25) is 0 Å². The Morgan fingerprint density at radius 1 is 1.06 bits per heavy atom. The number of esters is 1. The molecule has 0 unspecified atom stereocenters. The second-order valence-electron chi connectivity index (χ2n) is 8.16. The number of alkyl carbamates (subject to hydrolysis) is 1. The molecular formula is C23H25NO7. The molecule has 2 aromatic carbocycles. The summed E-state index contributed by atoms with van der Waals surface area (Å²) >= 11 is 0. The third-order valence-corrected chi connectivity index (χ3v) is 4.59. The average Bonchev–Trinajstić information content (AvgIpc) is 2.68. The van der Waals surface area contributed by atoms with Gasteiger partial charge in [-0.05, 0) is 65.0 Å². The number of methoxy groups -OCH3 is 1. The Bertz CT molecular complexity index is 1220. The maximum atomic E-state index is 12.5. The lowest BCUT2D eigenvalue weighted by molar-refractivity contribution is -0.136. The lowest BCUT2D eigenvalue weighted by Gasteiger charge is -2.21. The van der Waals surface area contributed by atoms with Gasteiger partial charge in [-0.1, -0.05) is 0 Å². The van der Waals surface area contributed by atoms with Gasteiger partial charge in [0, 0.05) is 16.3 Å². The number of fused-ring (bicyclic) bond motifs is 3. The van der Waals surface area contributed by atoms with E-state index in [1.165, 1.54) is 14.0 Å². The maximum Gasteiger partial charge on any atom is 0.408 e. The number of ether oxygens (including phenoxy) is 3. The van der Waals surface area contributed by atoms with E-state index in [0.29, 0.717) is 33.1 Å². The van der Waals surface area contributed by atoms with E-state index in [2.05, 4.69) is 5.32 Å². The molecule has 8 nitrogen and oxygen atoms in total. The molecule has 0 aliphatic rings. The van der Waals surface area contributed by atoms with Gasteiger partial charge in [0.25, 0.3) is 0 Å². The van der Waals surface area contributed by atoms with Crippen LogP contribution in [-0.4, -0.2) is 30.8 Å². The van der Waals surface area contributed by atoms with Crippen LogP contribution in [0.5, 0.6) is 11.5 Å². The monoisotopic (exact) mass is 427 g/mol. The van der Waals surface area contributed by atoms with Crippen molar-refractivity contribution in [3.05, 3.63) is 46.3 Å². The summed E-state index contributed by atoms with van der Waals surface area (Å²) in [7, 11) is 1.52. The van der Waals surface area contributed by atoms with Gasteiger partial charge in [0.15, 0.2) is 0 Å². The van der Waals surface area contributed by atoms with E-state index in [1.54, 1.807) is 58.0 Å². The highest BCUT2D eigenvalue weighted by atomic mass is 16.6. The quantitative estimate of drug-likeness (QED) is 0.289. The van der Waals surface area contributed by atoms with Crippen molar-refractivity contribution in [3.63, 3.8) is 0 Å². The molecule has 1 atom stereocenters. The van der Waals surface area contributed by atoms with Crippen LogP contribution in [-0.2, 0) is 9.53 Å². The van der Waals surface area contributed by atoms with Crippen LogP contribution in [0.15, 0.2) is 39.5 Å². The summed E-state index contributed by atoms with van der Waals surface area (Å²) < 4.78 is 21.3. The summed E-state index contributed by atoms with van der Waals surface area (Å²) in [5.74, 6) is 0.0976. The topological polar surface area (TPSA) is 104 Å². The van der Waals surface area contributed by atoms with Crippen molar-refractivity contribution in [2.24, 2.45) is 0 Å². The fourth-order valence-corrected chi connectivity index (χ4v) is 3.07. The fraction of sp³-hybridized carbons (Fsp3) is 0.348. The molecule has 31 heavy (non-hydrogen) atoms. The SMILES string of the molecule is COc1ccc2c(c1)c(=O)oc1c(C)c(OC(=O)[C@@H](C)NC(=O)OC(C)(C)C)ccc12. The van der Waals surface area contributed by atoms with E-state index >= 15 is 0 Å². The minimum atomic E-state index is -0.943. The molecule has 1 amide bonds. The van der Waals surface area contributed by atoms with Crippen LogP contribution < -0.4 is 20.4 Å². The molecule has 3 rings (SSSR count). The molecule has 3 aromatic rings. The molecule has 164 valence electrons. The zero-order chi connectivity index (χ0) is 22.9. The van der Waals surface area contributed by atoms with Gasteiger partial charge in [-0.15, -0.1) is 0 Å². The largest absolute Gasteiger partial charge is 0.497 e. The molecule has 0 aliphatic carbocycles. The van der Waals surface area contributed by atoms with Gasteiger partial charge in [-0.3, -0.25) is 0 Å². The van der Waals surface area contributed by atoms with Gasteiger partial charge in [0.2, 0.25) is 0 Å². The van der Waals surface area contributed by atoms with Gasteiger partial charge in [0.05, 0.1) is 12.5 Å². The number of benzene rings is 2. The van der Waals surface area contributed by atoms with Crippen LogP contribution in [0.1, 0.15) is 33.3 Å². The number of nitrogens with one attached hydrogen (secondary N) is 1. The molecule has 0 radical (unpaired) electrons. The third kappa shape index (κ3) is 4.79. The smallest absolute Gasteiger partial charge is 0.408 e. The van der Waals surface area contributed by atoms with Crippen molar-refractivity contribution in [1.29, 1.82) is 0 Å². The van der Waals surface area contributed by atoms with Crippen molar-refractivity contribution in [1.82, 2.24) is 5.32 Å². The number of rotatable bonds is 4. The van der Waals surface area contributed by atoms with Crippen LogP contribution in [0, 0.1) is 6.92 Å². The number of amides is 1. The summed E-state index contributed by atoms with van der Waals surface area (Å²) in [5, 5.41) is 4.24. The van der Waals surface area contributed by atoms with E-state index in [9.17, 15) is 14.4 Å². The molecule has 8 heteroatoms. The molecule has 1 heterocycles. The summed E-state index contributed by atoms with van der Waals surface area (Å²) in [6, 6.07) is 7.56. The second-order valence-corrected chi connectivity index (χ2v) is 8.16. The van der Waals surface area contributed by atoms with Gasteiger partial charge >= 0.3 is 17.7 Å². The summed E-state index contributed by atoms with van der Waals surface area (Å²) in [4.78, 5) is 36.8. The first-order valence-electron chi connectivity index (χ1n) is 9.75. The van der Waals surface area contributed by atoms with Crippen LogP contribution in [0.3, 0.4) is 0 Å². The predicted octanol–water partition coefficient (Wildman–Crippen LogP) is 4.08. The molecule has 0 saturated carbocycles. The van der Waals surface area contributed by atoms with E-state index in [1.807, 2.05) is 0 Å². The van der Waals surface area contributed by atoms with Crippen molar-refractivity contribution in [2.75, 3.05) is 7.11 Å². The minimum Gasteiger partial charge on any atom is -0.497 e. The molecule has 1 N–H and O–H groups in total. The Morgan fingerprint density at radius 3 is 2.39 bits per heavy atom. The Morgan fingerprint density at radius 2 is 1.74 bits per heavy atom. The molecule has 0 spiro atoms. The molecular weight excluding hydrogens is 402 g/mol. The van der Waals surface area contributed by atoms with E-state index in [-0.39, 0.29) is 5.75 Å². The van der Waals surface area contributed by atoms with E-state index < -0.39 is 29.3 Å². The van der Waals surface area contributed by atoms with Crippen molar-refractivity contribution in [2.45, 2.75) is 46.3 Å². The van der Waals surface area contributed by atoms with E-state index in [4.69, 9.17) is 18.6 Å². The summed E-state index contributed by atoms with van der Waals surface area (Å²) in [6.07, 6.45) is -0.722. The van der Waals surface area contributed by atoms with Crippen molar-refractivity contribution >= 4 is 33.8 Å². The zero-order valence-corrected chi connectivity index (χ0v) is 18.3. The van der Waals surface area contributed by atoms with Crippen LogP contribution in [0.4, 0.5) is 4.79 Å². The number of aryl methyl sites for hydroxylation is 1. The maximum absolute atomic E-state index is 12.5.